The fourth-order valence-electron chi connectivity index (χ4n) is 1.83. The molecular formula is C15H15ClN2O2. The number of para-hydroxylation sites is 1. The van der Waals surface area contributed by atoms with E-state index >= 15 is 0 Å². The molecule has 0 aliphatic rings. The van der Waals surface area contributed by atoms with Gasteiger partial charge in [-0.2, -0.15) is 0 Å². The van der Waals surface area contributed by atoms with E-state index in [0.29, 0.717) is 22.1 Å². The molecule has 0 aliphatic heterocycles. The highest BCUT2D eigenvalue weighted by molar-refractivity contribution is 6.30. The van der Waals surface area contributed by atoms with Gasteiger partial charge in [-0.3, -0.25) is 5.41 Å². The average molecular weight is 291 g/mol. The summed E-state index contributed by atoms with van der Waals surface area (Å²) in [5.41, 5.74) is 6.92. The summed E-state index contributed by atoms with van der Waals surface area (Å²) in [7, 11) is 1.59. The van der Waals surface area contributed by atoms with Crippen molar-refractivity contribution in [2.24, 2.45) is 5.73 Å². The number of hydrogen-bond donors (Lipinski definition) is 2. The Bertz CT molecular complexity index is 629. The molecule has 2 aromatic carbocycles. The Balaban J connectivity index is 2.21. The van der Waals surface area contributed by atoms with Crippen molar-refractivity contribution in [3.8, 4) is 11.5 Å². The smallest absolute Gasteiger partial charge is 0.130 e. The van der Waals surface area contributed by atoms with Gasteiger partial charge in [0.2, 0.25) is 0 Å². The van der Waals surface area contributed by atoms with Crippen molar-refractivity contribution in [3.05, 3.63) is 58.6 Å². The predicted molar refractivity (Wildman–Crippen MR) is 79.8 cm³/mol. The molecule has 0 bridgehead atoms. The third-order valence-electron chi connectivity index (χ3n) is 2.80. The number of nitrogens with two attached hydrogens (primary N) is 1. The highest BCUT2D eigenvalue weighted by atomic mass is 35.5. The summed E-state index contributed by atoms with van der Waals surface area (Å²) < 4.78 is 11.0. The van der Waals surface area contributed by atoms with Crippen LogP contribution in [0.4, 0.5) is 0 Å². The van der Waals surface area contributed by atoms with Crippen molar-refractivity contribution in [3.63, 3.8) is 0 Å². The summed E-state index contributed by atoms with van der Waals surface area (Å²) in [5.74, 6) is 1.23. The lowest BCUT2D eigenvalue weighted by molar-refractivity contribution is 0.296. The van der Waals surface area contributed by atoms with Crippen molar-refractivity contribution in [2.75, 3.05) is 7.11 Å². The van der Waals surface area contributed by atoms with Gasteiger partial charge in [0.05, 0.1) is 12.7 Å². The van der Waals surface area contributed by atoms with Gasteiger partial charge in [0.1, 0.15) is 23.9 Å². The van der Waals surface area contributed by atoms with Crippen LogP contribution in [0.3, 0.4) is 0 Å². The minimum Gasteiger partial charge on any atom is -0.496 e. The van der Waals surface area contributed by atoms with E-state index in [4.69, 9.17) is 32.2 Å². The van der Waals surface area contributed by atoms with E-state index in [1.54, 1.807) is 37.4 Å². The molecule has 3 N–H and O–H groups in total. The second-order valence-electron chi connectivity index (χ2n) is 4.15. The topological polar surface area (TPSA) is 68.3 Å². The van der Waals surface area contributed by atoms with Crippen molar-refractivity contribution < 1.29 is 9.47 Å². The second kappa shape index (κ2) is 6.30. The van der Waals surface area contributed by atoms with Gasteiger partial charge >= 0.3 is 0 Å². The second-order valence-corrected chi connectivity index (χ2v) is 4.59. The van der Waals surface area contributed by atoms with Crippen molar-refractivity contribution in [1.29, 1.82) is 5.41 Å². The number of nitrogens with one attached hydrogen (secondary N) is 1. The first kappa shape index (κ1) is 14.2. The summed E-state index contributed by atoms with van der Waals surface area (Å²) in [4.78, 5) is 0. The standard InChI is InChI=1S/C15H15ClN2O2/c1-19-13-7-6-11(16)8-10(13)9-20-14-5-3-2-4-12(14)15(17)18/h2-8H,9H2,1H3,(H3,17,18). The Morgan fingerprint density at radius 1 is 1.20 bits per heavy atom. The van der Waals surface area contributed by atoms with Crippen LogP contribution in [0.25, 0.3) is 0 Å². The van der Waals surface area contributed by atoms with Gasteiger partial charge in [0.25, 0.3) is 0 Å². The van der Waals surface area contributed by atoms with E-state index in [0.717, 1.165) is 5.56 Å². The lowest BCUT2D eigenvalue weighted by Crippen LogP contribution is -2.13. The van der Waals surface area contributed by atoms with Gasteiger partial charge in [-0.15, -0.1) is 0 Å². The van der Waals surface area contributed by atoms with Gasteiger partial charge in [0.15, 0.2) is 0 Å². The number of nitrogen functional groups attached to an aromatic ring is 1. The molecule has 20 heavy (non-hydrogen) atoms. The molecule has 0 saturated heterocycles. The number of methoxy groups -OCH3 is 1. The Morgan fingerprint density at radius 2 is 1.95 bits per heavy atom. The number of benzene rings is 2. The van der Waals surface area contributed by atoms with Crippen LogP contribution >= 0.6 is 11.6 Å². The van der Waals surface area contributed by atoms with E-state index in [9.17, 15) is 0 Å². The first-order chi connectivity index (χ1) is 9.61. The van der Waals surface area contributed by atoms with Crippen LogP contribution in [0.15, 0.2) is 42.5 Å². The average Bonchev–Trinajstić information content (AvgIpc) is 2.45. The Labute approximate surface area is 122 Å². The minimum absolute atomic E-state index is 0.0290. The van der Waals surface area contributed by atoms with Gasteiger partial charge in [0, 0.05) is 10.6 Å². The lowest BCUT2D eigenvalue weighted by Gasteiger charge is -2.13. The highest BCUT2D eigenvalue weighted by Crippen LogP contribution is 2.25. The van der Waals surface area contributed by atoms with Crippen LogP contribution in [0.1, 0.15) is 11.1 Å². The number of hydrogen-bond acceptors (Lipinski definition) is 3. The maximum absolute atomic E-state index is 7.52. The van der Waals surface area contributed by atoms with Crippen LogP contribution in [0.5, 0.6) is 11.5 Å². The van der Waals surface area contributed by atoms with Crippen molar-refractivity contribution >= 4 is 17.4 Å². The molecule has 4 nitrogen and oxygen atoms in total. The minimum atomic E-state index is -0.0290. The van der Waals surface area contributed by atoms with Crippen molar-refractivity contribution in [2.45, 2.75) is 6.61 Å². The summed E-state index contributed by atoms with van der Waals surface area (Å²) in [6, 6.07) is 12.5. The van der Waals surface area contributed by atoms with Gasteiger partial charge < -0.3 is 15.2 Å². The van der Waals surface area contributed by atoms with Crippen LogP contribution in [-0.2, 0) is 6.61 Å². The van der Waals surface area contributed by atoms with Crippen LogP contribution in [0, 0.1) is 5.41 Å². The third-order valence-corrected chi connectivity index (χ3v) is 3.04. The number of halogens is 1. The SMILES string of the molecule is COc1ccc(Cl)cc1COc1ccccc1C(=N)N. The summed E-state index contributed by atoms with van der Waals surface area (Å²) >= 11 is 5.97. The number of rotatable bonds is 5. The summed E-state index contributed by atoms with van der Waals surface area (Å²) in [6.07, 6.45) is 0. The molecule has 0 amide bonds. The zero-order chi connectivity index (χ0) is 14.5. The van der Waals surface area contributed by atoms with Crippen LogP contribution in [0.2, 0.25) is 5.02 Å². The number of amidine groups is 1. The zero-order valence-electron chi connectivity index (χ0n) is 11.0. The van der Waals surface area contributed by atoms with E-state index in [2.05, 4.69) is 0 Å². The molecule has 0 unspecified atom stereocenters. The molecule has 104 valence electrons. The molecule has 0 fully saturated rings. The Hall–Kier alpha value is -2.20. The maximum atomic E-state index is 7.52. The monoisotopic (exact) mass is 290 g/mol. The normalized spacial score (nSPS) is 10.1. The molecule has 0 aliphatic carbocycles. The molecule has 0 radical (unpaired) electrons. The number of ether oxygens (including phenoxy) is 2. The molecule has 2 rings (SSSR count). The molecule has 0 aromatic heterocycles. The van der Waals surface area contributed by atoms with E-state index in [1.807, 2.05) is 12.1 Å². The molecule has 2 aromatic rings. The maximum Gasteiger partial charge on any atom is 0.130 e. The Kier molecular flexibility index (Phi) is 4.48. The third kappa shape index (κ3) is 3.22. The van der Waals surface area contributed by atoms with Gasteiger partial charge in [-0.25, -0.2) is 0 Å². The fourth-order valence-corrected chi connectivity index (χ4v) is 2.03. The quantitative estimate of drug-likeness (QED) is 0.656. The molecule has 0 atom stereocenters. The largest absolute Gasteiger partial charge is 0.496 e. The fraction of sp³-hybridized carbons (Fsp3) is 0.133. The van der Waals surface area contributed by atoms with Gasteiger partial charge in [-0.1, -0.05) is 23.7 Å². The Morgan fingerprint density at radius 3 is 2.65 bits per heavy atom. The molecular weight excluding hydrogens is 276 g/mol. The highest BCUT2D eigenvalue weighted by Gasteiger charge is 2.08. The van der Waals surface area contributed by atoms with E-state index in [1.165, 1.54) is 0 Å². The van der Waals surface area contributed by atoms with Crippen LogP contribution < -0.4 is 15.2 Å². The molecule has 0 saturated carbocycles. The van der Waals surface area contributed by atoms with Gasteiger partial charge in [-0.05, 0) is 30.3 Å². The molecule has 0 heterocycles. The molecule has 0 spiro atoms. The molecule has 5 heteroatoms. The van der Waals surface area contributed by atoms with E-state index < -0.39 is 0 Å². The van der Waals surface area contributed by atoms with Crippen molar-refractivity contribution in [1.82, 2.24) is 0 Å². The first-order valence-electron chi connectivity index (χ1n) is 6.00. The lowest BCUT2D eigenvalue weighted by atomic mass is 10.2. The predicted octanol–water partition coefficient (Wildman–Crippen LogP) is 3.21. The van der Waals surface area contributed by atoms with Crippen LogP contribution in [-0.4, -0.2) is 12.9 Å². The van der Waals surface area contributed by atoms with E-state index in [-0.39, 0.29) is 12.4 Å². The summed E-state index contributed by atoms with van der Waals surface area (Å²) in [5, 5.41) is 8.14. The first-order valence-corrected chi connectivity index (χ1v) is 6.38. The summed E-state index contributed by atoms with van der Waals surface area (Å²) in [6.45, 7) is 0.286. The zero-order valence-corrected chi connectivity index (χ0v) is 11.8.